The van der Waals surface area contributed by atoms with Gasteiger partial charge in [-0.1, -0.05) is 12.1 Å². The first-order valence-electron chi connectivity index (χ1n) is 7.96. The fraction of sp³-hybridized carbons (Fsp3) is 0.588. The number of hydrogen-bond donors (Lipinski definition) is 1. The SMILES string of the molecule is CC(C)(CNC(=O)CCOc1ccccc1F)N1CCOCC1. The summed E-state index contributed by atoms with van der Waals surface area (Å²) in [4.78, 5) is 14.2. The van der Waals surface area contributed by atoms with Gasteiger partial charge in [0.05, 0.1) is 26.2 Å². The molecule has 0 aliphatic carbocycles. The number of rotatable bonds is 7. The zero-order chi connectivity index (χ0) is 16.7. The molecule has 23 heavy (non-hydrogen) atoms. The van der Waals surface area contributed by atoms with Crippen LogP contribution in [-0.2, 0) is 9.53 Å². The molecule has 1 aromatic rings. The third kappa shape index (κ3) is 5.48. The molecule has 1 saturated heterocycles. The molecule has 1 N–H and O–H groups in total. The molecule has 0 atom stereocenters. The van der Waals surface area contributed by atoms with Gasteiger partial charge < -0.3 is 14.8 Å². The Morgan fingerprint density at radius 3 is 2.74 bits per heavy atom. The van der Waals surface area contributed by atoms with Crippen molar-refractivity contribution in [1.82, 2.24) is 10.2 Å². The molecule has 0 unspecified atom stereocenters. The molecule has 5 nitrogen and oxygen atoms in total. The molecule has 128 valence electrons. The van der Waals surface area contributed by atoms with Crippen molar-refractivity contribution < 1.29 is 18.7 Å². The smallest absolute Gasteiger partial charge is 0.223 e. The average molecular weight is 324 g/mol. The average Bonchev–Trinajstić information content (AvgIpc) is 2.56. The summed E-state index contributed by atoms with van der Waals surface area (Å²) in [6.45, 7) is 8.14. The van der Waals surface area contributed by atoms with Gasteiger partial charge in [-0.3, -0.25) is 9.69 Å². The maximum atomic E-state index is 13.4. The van der Waals surface area contributed by atoms with Crippen molar-refractivity contribution in [1.29, 1.82) is 0 Å². The van der Waals surface area contributed by atoms with Crippen molar-refractivity contribution in [2.45, 2.75) is 25.8 Å². The number of nitrogens with zero attached hydrogens (tertiary/aromatic N) is 1. The largest absolute Gasteiger partial charge is 0.490 e. The van der Waals surface area contributed by atoms with Gasteiger partial charge in [-0.15, -0.1) is 0 Å². The quantitative estimate of drug-likeness (QED) is 0.831. The molecule has 2 rings (SSSR count). The van der Waals surface area contributed by atoms with E-state index in [-0.39, 0.29) is 30.2 Å². The van der Waals surface area contributed by atoms with Gasteiger partial charge in [0, 0.05) is 25.2 Å². The third-order valence-electron chi connectivity index (χ3n) is 4.01. The zero-order valence-electron chi connectivity index (χ0n) is 13.8. The number of halogens is 1. The molecule has 1 fully saturated rings. The van der Waals surface area contributed by atoms with Crippen LogP contribution in [0.15, 0.2) is 24.3 Å². The molecule has 6 heteroatoms. The minimum Gasteiger partial charge on any atom is -0.490 e. The molecule has 0 aromatic heterocycles. The Balaban J connectivity index is 1.69. The van der Waals surface area contributed by atoms with Crippen LogP contribution in [0, 0.1) is 5.82 Å². The maximum absolute atomic E-state index is 13.4. The van der Waals surface area contributed by atoms with Crippen molar-refractivity contribution in [3.8, 4) is 5.75 Å². The van der Waals surface area contributed by atoms with E-state index in [1.165, 1.54) is 6.07 Å². The van der Waals surface area contributed by atoms with E-state index >= 15 is 0 Å². The summed E-state index contributed by atoms with van der Waals surface area (Å²) in [5.41, 5.74) is -0.119. The Kier molecular flexibility index (Phi) is 6.36. The van der Waals surface area contributed by atoms with Gasteiger partial charge in [-0.05, 0) is 26.0 Å². The Labute approximate surface area is 136 Å². The predicted molar refractivity (Wildman–Crippen MR) is 86.0 cm³/mol. The van der Waals surface area contributed by atoms with Crippen molar-refractivity contribution >= 4 is 5.91 Å². The molecule has 0 bridgehead atoms. The van der Waals surface area contributed by atoms with Crippen molar-refractivity contribution in [2.24, 2.45) is 0 Å². The van der Waals surface area contributed by atoms with E-state index < -0.39 is 5.82 Å². The zero-order valence-corrected chi connectivity index (χ0v) is 13.8. The number of hydrogen-bond acceptors (Lipinski definition) is 4. The van der Waals surface area contributed by atoms with Gasteiger partial charge in [0.15, 0.2) is 11.6 Å². The molecule has 1 amide bonds. The van der Waals surface area contributed by atoms with Crippen LogP contribution in [0.1, 0.15) is 20.3 Å². The van der Waals surface area contributed by atoms with Gasteiger partial charge in [0.2, 0.25) is 5.91 Å². The highest BCUT2D eigenvalue weighted by Gasteiger charge is 2.28. The molecule has 1 aromatic carbocycles. The molecule has 1 heterocycles. The summed E-state index contributed by atoms with van der Waals surface area (Å²) >= 11 is 0. The maximum Gasteiger partial charge on any atom is 0.223 e. The van der Waals surface area contributed by atoms with Gasteiger partial charge in [-0.25, -0.2) is 4.39 Å². The van der Waals surface area contributed by atoms with E-state index in [1.807, 2.05) is 0 Å². The monoisotopic (exact) mass is 324 g/mol. The van der Waals surface area contributed by atoms with Gasteiger partial charge >= 0.3 is 0 Å². The molecule has 0 saturated carbocycles. The van der Waals surface area contributed by atoms with Gasteiger partial charge in [0.1, 0.15) is 0 Å². The van der Waals surface area contributed by atoms with Gasteiger partial charge in [0.25, 0.3) is 0 Å². The minimum absolute atomic E-state index is 0.0947. The molecule has 0 spiro atoms. The van der Waals surface area contributed by atoms with E-state index in [1.54, 1.807) is 18.2 Å². The van der Waals surface area contributed by atoms with Crippen LogP contribution in [0.25, 0.3) is 0 Å². The molecule has 1 aliphatic heterocycles. The summed E-state index contributed by atoms with van der Waals surface area (Å²) < 4.78 is 24.0. The fourth-order valence-corrected chi connectivity index (χ4v) is 2.50. The van der Waals surface area contributed by atoms with Crippen LogP contribution < -0.4 is 10.1 Å². The number of carbonyl (C=O) groups excluding carboxylic acids is 1. The van der Waals surface area contributed by atoms with Crippen molar-refractivity contribution in [3.05, 3.63) is 30.1 Å². The third-order valence-corrected chi connectivity index (χ3v) is 4.01. The summed E-state index contributed by atoms with van der Waals surface area (Å²) in [5, 5.41) is 2.93. The second-order valence-electron chi connectivity index (χ2n) is 6.22. The topological polar surface area (TPSA) is 50.8 Å². The highest BCUT2D eigenvalue weighted by molar-refractivity contribution is 5.76. The molecule has 1 aliphatic rings. The number of morpholine rings is 1. The summed E-state index contributed by atoms with van der Waals surface area (Å²) in [6.07, 6.45) is 0.202. The Morgan fingerprint density at radius 1 is 1.35 bits per heavy atom. The van der Waals surface area contributed by atoms with Crippen LogP contribution in [0.4, 0.5) is 4.39 Å². The van der Waals surface area contributed by atoms with Crippen LogP contribution in [0.3, 0.4) is 0 Å². The second kappa shape index (κ2) is 8.26. The Hall–Kier alpha value is -1.66. The van der Waals surface area contributed by atoms with Crippen molar-refractivity contribution in [2.75, 3.05) is 39.5 Å². The number of para-hydroxylation sites is 1. The fourth-order valence-electron chi connectivity index (χ4n) is 2.50. The summed E-state index contributed by atoms with van der Waals surface area (Å²) in [6, 6.07) is 6.18. The van der Waals surface area contributed by atoms with Crippen LogP contribution in [0.5, 0.6) is 5.75 Å². The molecule has 0 radical (unpaired) electrons. The second-order valence-corrected chi connectivity index (χ2v) is 6.22. The first-order valence-corrected chi connectivity index (χ1v) is 7.96. The number of ether oxygens (including phenoxy) is 2. The van der Waals surface area contributed by atoms with Crippen LogP contribution >= 0.6 is 0 Å². The highest BCUT2D eigenvalue weighted by Crippen LogP contribution is 2.16. The van der Waals surface area contributed by atoms with Crippen molar-refractivity contribution in [3.63, 3.8) is 0 Å². The van der Waals surface area contributed by atoms with E-state index in [9.17, 15) is 9.18 Å². The molecular weight excluding hydrogens is 299 g/mol. The summed E-state index contributed by atoms with van der Waals surface area (Å²) in [7, 11) is 0. The lowest BCUT2D eigenvalue weighted by Gasteiger charge is -2.40. The Bertz CT molecular complexity index is 516. The first-order chi connectivity index (χ1) is 11.0. The highest BCUT2D eigenvalue weighted by atomic mass is 19.1. The molecular formula is C17H25FN2O3. The lowest BCUT2D eigenvalue weighted by atomic mass is 10.0. The van der Waals surface area contributed by atoms with Crippen LogP contribution in [-0.4, -0.2) is 55.8 Å². The normalized spacial score (nSPS) is 16.1. The minimum atomic E-state index is -0.415. The lowest BCUT2D eigenvalue weighted by Crippen LogP contribution is -2.55. The number of nitrogens with one attached hydrogen (secondary N) is 1. The summed E-state index contributed by atoms with van der Waals surface area (Å²) in [5.74, 6) is -0.335. The van der Waals surface area contributed by atoms with Gasteiger partial charge in [-0.2, -0.15) is 0 Å². The van der Waals surface area contributed by atoms with E-state index in [0.29, 0.717) is 6.54 Å². The van der Waals surface area contributed by atoms with E-state index in [2.05, 4.69) is 24.1 Å². The first kappa shape index (κ1) is 17.7. The van der Waals surface area contributed by atoms with E-state index in [4.69, 9.17) is 9.47 Å². The Morgan fingerprint density at radius 2 is 2.04 bits per heavy atom. The predicted octanol–water partition coefficient (Wildman–Crippen LogP) is 1.82. The standard InChI is InChI=1S/C17H25FN2O3/c1-17(2,20-8-11-22-12-9-20)13-19-16(21)7-10-23-15-6-4-3-5-14(15)18/h3-6H,7-13H2,1-2H3,(H,19,21). The number of carbonyl (C=O) groups is 1. The number of benzene rings is 1. The number of amides is 1. The van der Waals surface area contributed by atoms with E-state index in [0.717, 1.165) is 26.3 Å². The lowest BCUT2D eigenvalue weighted by molar-refractivity contribution is -0.122. The van der Waals surface area contributed by atoms with Crippen LogP contribution in [0.2, 0.25) is 0 Å².